The second-order valence-corrected chi connectivity index (χ2v) is 7.79. The van der Waals surface area contributed by atoms with Crippen LogP contribution in [0.3, 0.4) is 0 Å². The van der Waals surface area contributed by atoms with Crippen molar-refractivity contribution in [2.75, 3.05) is 39.3 Å². The summed E-state index contributed by atoms with van der Waals surface area (Å²) in [5.41, 5.74) is 2.82. The fourth-order valence-corrected chi connectivity index (χ4v) is 4.00. The van der Waals surface area contributed by atoms with Crippen molar-refractivity contribution in [2.45, 2.75) is 25.8 Å². The van der Waals surface area contributed by atoms with Gasteiger partial charge in [0.1, 0.15) is 32.7 Å². The van der Waals surface area contributed by atoms with Crippen molar-refractivity contribution in [1.29, 1.82) is 0 Å². The molecule has 6 heteroatoms. The fraction of sp³-hybridized carbons (Fsp3) is 0.500. The van der Waals surface area contributed by atoms with Crippen LogP contribution in [0.1, 0.15) is 28.9 Å². The Morgan fingerprint density at radius 1 is 1.08 bits per heavy atom. The molecule has 6 nitrogen and oxygen atoms in total. The number of hydrogen-bond acceptors (Lipinski definition) is 2. The van der Waals surface area contributed by atoms with Crippen molar-refractivity contribution in [2.24, 2.45) is 0 Å². The highest BCUT2D eigenvalue weighted by Crippen LogP contribution is 2.21. The summed E-state index contributed by atoms with van der Waals surface area (Å²) in [7, 11) is 0. The van der Waals surface area contributed by atoms with E-state index in [1.165, 1.54) is 9.80 Å². The maximum Gasteiger partial charge on any atom is 0.275 e. The third-order valence-electron chi connectivity index (χ3n) is 5.60. The number of piperazine rings is 1. The standard InChI is InChI=1S/C20H26N4O2/c1-14-20(16-4-2-3-5-17(16)21-14)18(25)12-23-8-10-24(11-9-23)13-19(26)22-15-6-7-15/h2-5,15,21H,6-13H2,1H3,(H,22,26)/p+2. The molecule has 1 aromatic carbocycles. The van der Waals surface area contributed by atoms with Crippen LogP contribution in [0.15, 0.2) is 24.3 Å². The molecule has 0 bridgehead atoms. The number of fused-ring (bicyclic) bond motifs is 1. The van der Waals surface area contributed by atoms with E-state index in [1.807, 2.05) is 31.2 Å². The lowest BCUT2D eigenvalue weighted by molar-refractivity contribution is -1.00. The number of aromatic amines is 1. The number of aromatic nitrogens is 1. The Bertz CT molecular complexity index is 816. The molecule has 1 aromatic heterocycles. The van der Waals surface area contributed by atoms with E-state index in [4.69, 9.17) is 0 Å². The van der Waals surface area contributed by atoms with E-state index in [9.17, 15) is 9.59 Å². The monoisotopic (exact) mass is 356 g/mol. The van der Waals surface area contributed by atoms with Gasteiger partial charge in [0, 0.05) is 22.6 Å². The van der Waals surface area contributed by atoms with Gasteiger partial charge in [-0.3, -0.25) is 9.59 Å². The Hall–Kier alpha value is -2.18. The van der Waals surface area contributed by atoms with Gasteiger partial charge in [0.25, 0.3) is 5.91 Å². The van der Waals surface area contributed by atoms with Gasteiger partial charge in [0.2, 0.25) is 5.78 Å². The molecule has 1 aliphatic carbocycles. The van der Waals surface area contributed by atoms with Crippen LogP contribution in [0.5, 0.6) is 0 Å². The van der Waals surface area contributed by atoms with Crippen LogP contribution in [0, 0.1) is 6.92 Å². The molecule has 0 spiro atoms. The van der Waals surface area contributed by atoms with Crippen molar-refractivity contribution >= 4 is 22.6 Å². The molecule has 1 saturated heterocycles. The summed E-state index contributed by atoms with van der Waals surface area (Å²) in [6, 6.07) is 8.43. The van der Waals surface area contributed by atoms with Crippen LogP contribution < -0.4 is 15.1 Å². The lowest BCUT2D eigenvalue weighted by Gasteiger charge is -2.29. The summed E-state index contributed by atoms with van der Waals surface area (Å²) < 4.78 is 0. The Morgan fingerprint density at radius 2 is 1.73 bits per heavy atom. The minimum Gasteiger partial charge on any atom is -0.358 e. The van der Waals surface area contributed by atoms with Gasteiger partial charge in [-0.25, -0.2) is 0 Å². The second-order valence-electron chi connectivity index (χ2n) is 7.79. The zero-order valence-corrected chi connectivity index (χ0v) is 15.4. The minimum absolute atomic E-state index is 0.177. The highest BCUT2D eigenvalue weighted by Gasteiger charge is 2.29. The number of Topliss-reactive ketones (excluding diaryl/α,β-unsaturated/α-hetero) is 1. The van der Waals surface area contributed by atoms with Crippen LogP contribution in [0.4, 0.5) is 0 Å². The number of rotatable bonds is 6. The Balaban J connectivity index is 1.31. The van der Waals surface area contributed by atoms with Crippen LogP contribution in [0.2, 0.25) is 0 Å². The highest BCUT2D eigenvalue weighted by atomic mass is 16.2. The molecule has 1 aliphatic heterocycles. The smallest absolute Gasteiger partial charge is 0.275 e. The van der Waals surface area contributed by atoms with Crippen molar-refractivity contribution in [3.8, 4) is 0 Å². The number of carbonyl (C=O) groups excluding carboxylic acids is 2. The summed E-state index contributed by atoms with van der Waals surface area (Å²) >= 11 is 0. The Morgan fingerprint density at radius 3 is 2.42 bits per heavy atom. The third kappa shape index (κ3) is 3.81. The molecule has 138 valence electrons. The Kier molecular flexibility index (Phi) is 4.78. The SMILES string of the molecule is Cc1[nH]c2ccccc2c1C(=O)C[NH+]1CC[NH+](CC(=O)NC2CC2)CC1. The van der Waals surface area contributed by atoms with E-state index in [-0.39, 0.29) is 11.7 Å². The molecule has 2 fully saturated rings. The number of para-hydroxylation sites is 1. The van der Waals surface area contributed by atoms with E-state index >= 15 is 0 Å². The summed E-state index contributed by atoms with van der Waals surface area (Å²) in [5, 5.41) is 4.09. The van der Waals surface area contributed by atoms with Gasteiger partial charge in [-0.2, -0.15) is 0 Å². The second kappa shape index (κ2) is 7.21. The zero-order valence-electron chi connectivity index (χ0n) is 15.4. The van der Waals surface area contributed by atoms with Crippen LogP contribution in [0.25, 0.3) is 10.9 Å². The molecule has 0 radical (unpaired) electrons. The third-order valence-corrected chi connectivity index (χ3v) is 5.60. The number of benzene rings is 1. The fourth-order valence-electron chi connectivity index (χ4n) is 4.00. The molecule has 2 aliphatic rings. The van der Waals surface area contributed by atoms with E-state index in [1.54, 1.807) is 0 Å². The van der Waals surface area contributed by atoms with Crippen molar-refractivity contribution in [1.82, 2.24) is 10.3 Å². The van der Waals surface area contributed by atoms with Crippen LogP contribution in [-0.4, -0.2) is 62.0 Å². The van der Waals surface area contributed by atoms with Gasteiger partial charge in [0.05, 0.1) is 5.56 Å². The predicted molar refractivity (Wildman–Crippen MR) is 99.7 cm³/mol. The van der Waals surface area contributed by atoms with Crippen LogP contribution >= 0.6 is 0 Å². The van der Waals surface area contributed by atoms with Crippen molar-refractivity contribution in [3.05, 3.63) is 35.5 Å². The van der Waals surface area contributed by atoms with Crippen molar-refractivity contribution < 1.29 is 19.4 Å². The van der Waals surface area contributed by atoms with Crippen LogP contribution in [-0.2, 0) is 4.79 Å². The first-order valence-electron chi connectivity index (χ1n) is 9.67. The molecule has 1 amide bonds. The average molecular weight is 356 g/mol. The van der Waals surface area contributed by atoms with Gasteiger partial charge >= 0.3 is 0 Å². The number of quaternary nitrogens is 2. The van der Waals surface area contributed by atoms with Gasteiger partial charge < -0.3 is 20.1 Å². The maximum absolute atomic E-state index is 12.9. The first kappa shape index (κ1) is 17.2. The first-order valence-corrected chi connectivity index (χ1v) is 9.67. The molecular weight excluding hydrogens is 328 g/mol. The topological polar surface area (TPSA) is 70.8 Å². The molecule has 1 saturated carbocycles. The zero-order chi connectivity index (χ0) is 18.1. The van der Waals surface area contributed by atoms with E-state index in [0.717, 1.165) is 61.2 Å². The summed E-state index contributed by atoms with van der Waals surface area (Å²) in [6.45, 7) is 6.87. The number of carbonyl (C=O) groups is 2. The maximum atomic E-state index is 12.9. The van der Waals surface area contributed by atoms with E-state index in [2.05, 4.69) is 10.3 Å². The van der Waals surface area contributed by atoms with Gasteiger partial charge in [0.15, 0.2) is 6.54 Å². The lowest BCUT2D eigenvalue weighted by atomic mass is 10.1. The molecule has 4 N–H and O–H groups in total. The Labute approximate surface area is 153 Å². The largest absolute Gasteiger partial charge is 0.358 e. The number of hydrogen-bond donors (Lipinski definition) is 4. The number of H-pyrrole nitrogens is 1. The molecule has 0 unspecified atom stereocenters. The molecule has 0 atom stereocenters. The molecule has 4 rings (SSSR count). The van der Waals surface area contributed by atoms with E-state index in [0.29, 0.717) is 19.1 Å². The van der Waals surface area contributed by atoms with Gasteiger partial charge in [-0.15, -0.1) is 0 Å². The molecule has 26 heavy (non-hydrogen) atoms. The average Bonchev–Trinajstić information content (AvgIpc) is 3.35. The number of aryl methyl sites for hydroxylation is 1. The van der Waals surface area contributed by atoms with Crippen molar-refractivity contribution in [3.63, 3.8) is 0 Å². The lowest BCUT2D eigenvalue weighted by Crippen LogP contribution is -3.28. The molecular formula is C20H28N4O2+2. The minimum atomic E-state index is 0.177. The van der Waals surface area contributed by atoms with Gasteiger partial charge in [-0.1, -0.05) is 18.2 Å². The number of ketones is 1. The highest BCUT2D eigenvalue weighted by molar-refractivity contribution is 6.09. The predicted octanol–water partition coefficient (Wildman–Crippen LogP) is -1.28. The van der Waals surface area contributed by atoms with E-state index < -0.39 is 0 Å². The summed E-state index contributed by atoms with van der Waals surface area (Å²) in [6.07, 6.45) is 2.27. The number of amides is 1. The summed E-state index contributed by atoms with van der Waals surface area (Å²) in [5.74, 6) is 0.390. The first-order chi connectivity index (χ1) is 12.6. The van der Waals surface area contributed by atoms with Gasteiger partial charge in [-0.05, 0) is 25.8 Å². The quantitative estimate of drug-likeness (QED) is 0.487. The molecule has 2 aromatic rings. The normalized spacial score (nSPS) is 23.1. The number of nitrogens with one attached hydrogen (secondary N) is 4. The summed E-state index contributed by atoms with van der Waals surface area (Å²) in [4.78, 5) is 30.8. The molecule has 2 heterocycles.